The van der Waals surface area contributed by atoms with E-state index in [0.717, 1.165) is 16.2 Å². The quantitative estimate of drug-likeness (QED) is 0.348. The summed E-state index contributed by atoms with van der Waals surface area (Å²) in [5, 5.41) is 20.8. The van der Waals surface area contributed by atoms with Crippen molar-refractivity contribution in [1.82, 2.24) is 14.9 Å². The Labute approximate surface area is 202 Å². The number of aliphatic hydroxyl groups excluding tert-OH is 1. The highest BCUT2D eigenvalue weighted by Crippen LogP contribution is 2.40. The van der Waals surface area contributed by atoms with Gasteiger partial charge in [-0.3, -0.25) is 5.21 Å². The van der Waals surface area contributed by atoms with Crippen LogP contribution in [0.5, 0.6) is 0 Å². The van der Waals surface area contributed by atoms with Crippen LogP contribution in [-0.2, 0) is 6.61 Å². The molecule has 1 saturated heterocycles. The van der Waals surface area contributed by atoms with Crippen molar-refractivity contribution in [2.45, 2.75) is 32.3 Å². The number of carbonyl (C=O) groups is 1. The summed E-state index contributed by atoms with van der Waals surface area (Å²) >= 11 is 12.6. The molecule has 0 atom stereocenters. The van der Waals surface area contributed by atoms with Gasteiger partial charge in [0, 0.05) is 41.7 Å². The van der Waals surface area contributed by atoms with Gasteiger partial charge in [-0.2, -0.15) is 0 Å². The Morgan fingerprint density at radius 1 is 1.18 bits per heavy atom. The monoisotopic (exact) mass is 489 g/mol. The average molecular weight is 490 g/mol. The fourth-order valence-corrected chi connectivity index (χ4v) is 4.44. The van der Waals surface area contributed by atoms with Gasteiger partial charge in [-0.05, 0) is 43.5 Å². The first-order valence-corrected chi connectivity index (χ1v) is 11.6. The largest absolute Gasteiger partial charge is 0.440 e. The number of amides is 2. The molecular weight excluding hydrogens is 465 g/mol. The van der Waals surface area contributed by atoms with Crippen molar-refractivity contribution in [3.05, 3.63) is 64.0 Å². The summed E-state index contributed by atoms with van der Waals surface area (Å²) < 4.78 is 6.29. The Bertz CT molecular complexity index is 1130. The van der Waals surface area contributed by atoms with E-state index in [0.29, 0.717) is 58.9 Å². The lowest BCUT2D eigenvalue weighted by Crippen LogP contribution is -2.45. The number of rotatable bonds is 5. The molecule has 4 rings (SSSR count). The fourth-order valence-electron chi connectivity index (χ4n) is 3.95. The van der Waals surface area contributed by atoms with Crippen molar-refractivity contribution in [3.8, 4) is 22.6 Å². The predicted octanol–water partition coefficient (Wildman–Crippen LogP) is 5.82. The summed E-state index contributed by atoms with van der Waals surface area (Å²) in [5.41, 5.74) is 2.99. The fraction of sp³-hybridized carbons (Fsp3) is 0.333. The number of carbonyl (C=O) groups excluding carboxylic acids is 1. The molecule has 1 aliphatic heterocycles. The first-order valence-electron chi connectivity index (χ1n) is 10.8. The molecule has 0 bridgehead atoms. The van der Waals surface area contributed by atoms with Crippen LogP contribution in [0.25, 0.3) is 22.6 Å². The molecule has 0 radical (unpaired) electrons. The maximum atomic E-state index is 12.2. The van der Waals surface area contributed by atoms with Crippen LogP contribution in [0.15, 0.2) is 46.9 Å². The minimum Gasteiger partial charge on any atom is -0.440 e. The number of piperidine rings is 1. The van der Waals surface area contributed by atoms with Gasteiger partial charge in [0.15, 0.2) is 11.7 Å². The van der Waals surface area contributed by atoms with Gasteiger partial charge in [0.25, 0.3) is 0 Å². The number of hydrogen-bond acceptors (Lipinski definition) is 5. The summed E-state index contributed by atoms with van der Waals surface area (Å²) in [6, 6.07) is 12.3. The topological polar surface area (TPSA) is 90.0 Å². The number of nitrogens with zero attached hydrogens (tertiary/aromatic N) is 3. The molecule has 7 nitrogen and oxygen atoms in total. The molecular formula is C24H25Cl2N3O4. The Kier molecular flexibility index (Phi) is 7.24. The van der Waals surface area contributed by atoms with Crippen LogP contribution in [0.4, 0.5) is 4.79 Å². The normalized spacial score (nSPS) is 14.5. The maximum Gasteiger partial charge on any atom is 0.343 e. The van der Waals surface area contributed by atoms with Gasteiger partial charge in [-0.15, -0.1) is 0 Å². The maximum absolute atomic E-state index is 12.2. The molecule has 2 N–H and O–H groups in total. The van der Waals surface area contributed by atoms with Crippen molar-refractivity contribution >= 4 is 29.2 Å². The molecule has 9 heteroatoms. The summed E-state index contributed by atoms with van der Waals surface area (Å²) in [6.45, 7) is 2.92. The number of aromatic nitrogens is 1. The SMILES string of the molecule is CCN(O)C(=O)N1CCC(c2nc(-c3ccc(CO)cc3)c(-c3ccc(Cl)cc3Cl)o2)CC1. The van der Waals surface area contributed by atoms with Crippen LogP contribution >= 0.6 is 23.2 Å². The van der Waals surface area contributed by atoms with Crippen LogP contribution in [0.2, 0.25) is 10.0 Å². The van der Waals surface area contributed by atoms with Gasteiger partial charge in [0.1, 0.15) is 5.69 Å². The number of halogens is 2. The Morgan fingerprint density at radius 3 is 2.48 bits per heavy atom. The van der Waals surface area contributed by atoms with E-state index in [1.54, 1.807) is 24.0 Å². The third kappa shape index (κ3) is 5.01. The summed E-state index contributed by atoms with van der Waals surface area (Å²) in [4.78, 5) is 18.7. The van der Waals surface area contributed by atoms with Crippen molar-refractivity contribution in [3.63, 3.8) is 0 Å². The van der Waals surface area contributed by atoms with Crippen LogP contribution in [0, 0.1) is 0 Å². The third-order valence-corrected chi connectivity index (χ3v) is 6.41. The second-order valence-corrected chi connectivity index (χ2v) is 8.81. The lowest BCUT2D eigenvalue weighted by atomic mass is 9.97. The zero-order valence-corrected chi connectivity index (χ0v) is 19.7. The molecule has 33 heavy (non-hydrogen) atoms. The van der Waals surface area contributed by atoms with Crippen molar-refractivity contribution in [2.24, 2.45) is 0 Å². The second-order valence-electron chi connectivity index (χ2n) is 7.97. The highest BCUT2D eigenvalue weighted by Gasteiger charge is 2.30. The van der Waals surface area contributed by atoms with Crippen molar-refractivity contribution < 1.29 is 19.5 Å². The molecule has 174 valence electrons. The molecule has 1 fully saturated rings. The lowest BCUT2D eigenvalue weighted by molar-refractivity contribution is -0.0543. The van der Waals surface area contributed by atoms with E-state index in [1.165, 1.54) is 0 Å². The number of oxazole rings is 1. The predicted molar refractivity (Wildman–Crippen MR) is 126 cm³/mol. The van der Waals surface area contributed by atoms with Crippen molar-refractivity contribution in [1.29, 1.82) is 0 Å². The van der Waals surface area contributed by atoms with Crippen LogP contribution in [-0.4, -0.2) is 50.9 Å². The third-order valence-electron chi connectivity index (χ3n) is 5.86. The van der Waals surface area contributed by atoms with Gasteiger partial charge >= 0.3 is 6.03 Å². The minimum absolute atomic E-state index is 0.0260. The molecule has 0 spiro atoms. The highest BCUT2D eigenvalue weighted by molar-refractivity contribution is 6.36. The van der Waals surface area contributed by atoms with Crippen LogP contribution in [0.3, 0.4) is 0 Å². The number of urea groups is 1. The number of benzene rings is 2. The Balaban J connectivity index is 1.66. The summed E-state index contributed by atoms with van der Waals surface area (Å²) in [6.07, 6.45) is 1.33. The molecule has 3 aromatic rings. The number of hydroxylamine groups is 2. The first-order chi connectivity index (χ1) is 15.9. The van der Waals surface area contributed by atoms with E-state index < -0.39 is 0 Å². The zero-order chi connectivity index (χ0) is 23.5. The van der Waals surface area contributed by atoms with Gasteiger partial charge in [-0.25, -0.2) is 14.8 Å². The standard InChI is InChI=1S/C24H25Cl2N3O4/c1-2-29(32)24(31)28-11-9-17(10-12-28)23-27-21(16-5-3-15(14-30)4-6-16)22(33-23)19-8-7-18(25)13-20(19)26/h3-8,13,17,30,32H,2,9-12,14H2,1H3. The Morgan fingerprint density at radius 2 is 1.88 bits per heavy atom. The van der Waals surface area contributed by atoms with Gasteiger partial charge in [-0.1, -0.05) is 47.5 Å². The van der Waals surface area contributed by atoms with E-state index in [-0.39, 0.29) is 25.1 Å². The summed E-state index contributed by atoms with van der Waals surface area (Å²) in [7, 11) is 0. The summed E-state index contributed by atoms with van der Waals surface area (Å²) in [5.74, 6) is 1.16. The van der Waals surface area contributed by atoms with Crippen LogP contribution < -0.4 is 0 Å². The number of hydrogen-bond donors (Lipinski definition) is 2. The Hall–Kier alpha value is -2.58. The number of aliphatic hydroxyl groups is 1. The molecule has 1 aliphatic rings. The molecule has 2 amide bonds. The van der Waals surface area contributed by atoms with Crippen molar-refractivity contribution in [2.75, 3.05) is 19.6 Å². The first kappa shape index (κ1) is 23.6. The van der Waals surface area contributed by atoms with E-state index >= 15 is 0 Å². The van der Waals surface area contributed by atoms with Gasteiger partial charge in [0.2, 0.25) is 0 Å². The molecule has 0 unspecified atom stereocenters. The molecule has 2 heterocycles. The van der Waals surface area contributed by atoms with E-state index in [1.807, 2.05) is 30.3 Å². The minimum atomic E-state index is -0.387. The zero-order valence-electron chi connectivity index (χ0n) is 18.2. The van der Waals surface area contributed by atoms with Crippen LogP contribution in [0.1, 0.15) is 37.1 Å². The van der Waals surface area contributed by atoms with E-state index in [4.69, 9.17) is 32.6 Å². The highest BCUT2D eigenvalue weighted by atomic mass is 35.5. The van der Waals surface area contributed by atoms with E-state index in [2.05, 4.69) is 0 Å². The second kappa shape index (κ2) is 10.1. The van der Waals surface area contributed by atoms with Gasteiger partial charge in [0.05, 0.1) is 11.6 Å². The molecule has 0 aliphatic carbocycles. The lowest BCUT2D eigenvalue weighted by Gasteiger charge is -2.32. The van der Waals surface area contributed by atoms with E-state index in [9.17, 15) is 15.1 Å². The molecule has 2 aromatic carbocycles. The number of likely N-dealkylation sites (tertiary alicyclic amines) is 1. The molecule has 1 aromatic heterocycles. The molecule has 0 saturated carbocycles. The average Bonchev–Trinajstić information content (AvgIpc) is 3.28. The smallest absolute Gasteiger partial charge is 0.343 e. The van der Waals surface area contributed by atoms with Gasteiger partial charge < -0.3 is 14.4 Å².